The summed E-state index contributed by atoms with van der Waals surface area (Å²) in [6, 6.07) is 0. The Morgan fingerprint density at radius 3 is 2.35 bits per heavy atom. The molecule has 0 amide bonds. The van der Waals surface area contributed by atoms with Crippen molar-refractivity contribution in [3.05, 3.63) is 0 Å². The first-order chi connectivity index (χ1) is 7.87. The number of hydrogen-bond donors (Lipinski definition) is 1. The van der Waals surface area contributed by atoms with Crippen molar-refractivity contribution in [3.63, 3.8) is 0 Å². The summed E-state index contributed by atoms with van der Waals surface area (Å²) in [5.41, 5.74) is 5.68. The molecule has 0 aromatic rings. The fourth-order valence-corrected chi connectivity index (χ4v) is 4.47. The Balaban J connectivity index is 2.67. The Labute approximate surface area is 106 Å². The maximum atomic E-state index is 12.2. The first kappa shape index (κ1) is 14.9. The molecule has 1 unspecified atom stereocenters. The van der Waals surface area contributed by atoms with Crippen LogP contribution in [0.25, 0.3) is 0 Å². The van der Waals surface area contributed by atoms with E-state index in [0.29, 0.717) is 25.4 Å². The predicted octanol–water partition coefficient (Wildman–Crippen LogP) is 1.42. The third-order valence-electron chi connectivity index (χ3n) is 4.01. The lowest BCUT2D eigenvalue weighted by Gasteiger charge is -2.23. The fourth-order valence-electron chi connectivity index (χ4n) is 2.31. The van der Waals surface area contributed by atoms with Gasteiger partial charge in [-0.15, -0.1) is 0 Å². The Bertz CT molecular complexity index is 338. The van der Waals surface area contributed by atoms with E-state index in [1.54, 1.807) is 4.31 Å². The Kier molecular flexibility index (Phi) is 4.98. The van der Waals surface area contributed by atoms with Crippen LogP contribution < -0.4 is 5.73 Å². The minimum absolute atomic E-state index is 0.0268. The first-order valence-electron chi connectivity index (χ1n) is 6.54. The molecular weight excluding hydrogens is 236 g/mol. The Morgan fingerprint density at radius 2 is 1.94 bits per heavy atom. The van der Waals surface area contributed by atoms with Crippen LogP contribution >= 0.6 is 0 Å². The summed E-state index contributed by atoms with van der Waals surface area (Å²) in [5, 5.41) is 0. The van der Waals surface area contributed by atoms with Crippen molar-refractivity contribution >= 4 is 10.0 Å². The topological polar surface area (TPSA) is 63.4 Å². The molecule has 4 nitrogen and oxygen atoms in total. The van der Waals surface area contributed by atoms with E-state index in [1.807, 2.05) is 0 Å². The van der Waals surface area contributed by atoms with E-state index >= 15 is 0 Å². The average molecular weight is 262 g/mol. The first-order valence-corrected chi connectivity index (χ1v) is 8.15. The average Bonchev–Trinajstić information content (AvgIpc) is 2.70. The van der Waals surface area contributed by atoms with E-state index in [9.17, 15) is 8.42 Å². The highest BCUT2D eigenvalue weighted by Crippen LogP contribution is 2.31. The molecule has 0 bridgehead atoms. The van der Waals surface area contributed by atoms with E-state index in [4.69, 9.17) is 5.73 Å². The summed E-state index contributed by atoms with van der Waals surface area (Å²) in [5.74, 6) is 0.574. The lowest BCUT2D eigenvalue weighted by atomic mass is 9.90. The van der Waals surface area contributed by atoms with Crippen molar-refractivity contribution in [2.24, 2.45) is 17.1 Å². The van der Waals surface area contributed by atoms with Gasteiger partial charge in [-0.25, -0.2) is 12.7 Å². The molecular formula is C12H26N2O2S. The standard InChI is InChI=1S/C12H26N2O2S/c1-4-11(5-2)8-17(15,16)14-7-6-12(3,9-13)10-14/h11H,4-10,13H2,1-3H3. The van der Waals surface area contributed by atoms with Crippen LogP contribution in [0.5, 0.6) is 0 Å². The zero-order chi connectivity index (χ0) is 13.1. The molecule has 0 saturated carbocycles. The lowest BCUT2D eigenvalue weighted by molar-refractivity contribution is 0.348. The number of hydrogen-bond acceptors (Lipinski definition) is 3. The zero-order valence-corrected chi connectivity index (χ0v) is 12.1. The van der Waals surface area contributed by atoms with E-state index in [1.165, 1.54) is 0 Å². The van der Waals surface area contributed by atoms with Gasteiger partial charge in [-0.3, -0.25) is 0 Å². The molecule has 0 aromatic heterocycles. The van der Waals surface area contributed by atoms with E-state index in [2.05, 4.69) is 20.8 Å². The van der Waals surface area contributed by atoms with Gasteiger partial charge in [0.05, 0.1) is 5.75 Å². The molecule has 1 atom stereocenters. The minimum atomic E-state index is -3.09. The van der Waals surface area contributed by atoms with Crippen LogP contribution in [0.15, 0.2) is 0 Å². The van der Waals surface area contributed by atoms with E-state index < -0.39 is 10.0 Å². The molecule has 1 fully saturated rings. The van der Waals surface area contributed by atoms with Crippen molar-refractivity contribution in [2.45, 2.75) is 40.0 Å². The van der Waals surface area contributed by atoms with Gasteiger partial charge in [0, 0.05) is 13.1 Å². The van der Waals surface area contributed by atoms with Crippen molar-refractivity contribution in [1.82, 2.24) is 4.31 Å². The maximum Gasteiger partial charge on any atom is 0.214 e. The van der Waals surface area contributed by atoms with Gasteiger partial charge in [-0.2, -0.15) is 0 Å². The van der Waals surface area contributed by atoms with Crippen molar-refractivity contribution < 1.29 is 8.42 Å². The maximum absolute atomic E-state index is 12.2. The van der Waals surface area contributed by atoms with Gasteiger partial charge in [0.25, 0.3) is 0 Å². The smallest absolute Gasteiger partial charge is 0.214 e. The highest BCUT2D eigenvalue weighted by molar-refractivity contribution is 7.89. The molecule has 1 aliphatic heterocycles. The Hall–Kier alpha value is -0.130. The van der Waals surface area contributed by atoms with Crippen LogP contribution in [-0.2, 0) is 10.0 Å². The van der Waals surface area contributed by atoms with E-state index in [0.717, 1.165) is 19.3 Å². The monoisotopic (exact) mass is 262 g/mol. The molecule has 17 heavy (non-hydrogen) atoms. The normalized spacial score (nSPS) is 26.9. The van der Waals surface area contributed by atoms with E-state index in [-0.39, 0.29) is 11.3 Å². The third kappa shape index (κ3) is 3.66. The number of nitrogens with two attached hydrogens (primary N) is 1. The van der Waals surface area contributed by atoms with Crippen LogP contribution in [0, 0.1) is 11.3 Å². The zero-order valence-electron chi connectivity index (χ0n) is 11.3. The molecule has 1 aliphatic rings. The molecule has 0 aromatic carbocycles. The second-order valence-electron chi connectivity index (χ2n) is 5.56. The summed E-state index contributed by atoms with van der Waals surface area (Å²) in [4.78, 5) is 0. The fraction of sp³-hybridized carbons (Fsp3) is 1.00. The van der Waals surface area contributed by atoms with Gasteiger partial charge in [-0.05, 0) is 24.3 Å². The second-order valence-corrected chi connectivity index (χ2v) is 7.57. The number of nitrogens with zero attached hydrogens (tertiary/aromatic N) is 1. The highest BCUT2D eigenvalue weighted by atomic mass is 32.2. The molecule has 0 aliphatic carbocycles. The van der Waals surface area contributed by atoms with Crippen LogP contribution in [0.1, 0.15) is 40.0 Å². The van der Waals surface area contributed by atoms with Gasteiger partial charge in [-0.1, -0.05) is 33.6 Å². The summed E-state index contributed by atoms with van der Waals surface area (Å²) in [6.07, 6.45) is 2.74. The molecule has 5 heteroatoms. The largest absolute Gasteiger partial charge is 0.330 e. The van der Waals surface area contributed by atoms with Gasteiger partial charge < -0.3 is 5.73 Å². The summed E-state index contributed by atoms with van der Waals surface area (Å²) in [7, 11) is -3.09. The lowest BCUT2D eigenvalue weighted by Crippen LogP contribution is -2.37. The van der Waals surface area contributed by atoms with Crippen molar-refractivity contribution in [3.8, 4) is 0 Å². The SMILES string of the molecule is CCC(CC)CS(=O)(=O)N1CCC(C)(CN)C1. The number of sulfonamides is 1. The van der Waals surface area contributed by atoms with Crippen LogP contribution in [0.3, 0.4) is 0 Å². The molecule has 1 rings (SSSR count). The molecule has 2 N–H and O–H groups in total. The van der Waals surface area contributed by atoms with Gasteiger partial charge in [0.1, 0.15) is 0 Å². The quantitative estimate of drug-likeness (QED) is 0.787. The second kappa shape index (κ2) is 5.67. The Morgan fingerprint density at radius 1 is 1.35 bits per heavy atom. The summed E-state index contributed by atoms with van der Waals surface area (Å²) in [6.45, 7) is 7.96. The van der Waals surface area contributed by atoms with Crippen LogP contribution in [0.4, 0.5) is 0 Å². The summed E-state index contributed by atoms with van der Waals surface area (Å²) >= 11 is 0. The molecule has 0 spiro atoms. The molecule has 0 radical (unpaired) electrons. The van der Waals surface area contributed by atoms with Crippen LogP contribution in [0.2, 0.25) is 0 Å². The highest BCUT2D eigenvalue weighted by Gasteiger charge is 2.38. The number of rotatable bonds is 6. The third-order valence-corrected chi connectivity index (χ3v) is 6.00. The molecule has 1 heterocycles. The van der Waals surface area contributed by atoms with Gasteiger partial charge >= 0.3 is 0 Å². The predicted molar refractivity (Wildman–Crippen MR) is 71.2 cm³/mol. The molecule has 1 saturated heterocycles. The van der Waals surface area contributed by atoms with Gasteiger partial charge in [0.2, 0.25) is 10.0 Å². The van der Waals surface area contributed by atoms with Crippen molar-refractivity contribution in [1.29, 1.82) is 0 Å². The van der Waals surface area contributed by atoms with Gasteiger partial charge in [0.15, 0.2) is 0 Å². The minimum Gasteiger partial charge on any atom is -0.330 e. The van der Waals surface area contributed by atoms with Crippen molar-refractivity contribution in [2.75, 3.05) is 25.4 Å². The van der Waals surface area contributed by atoms with Crippen LogP contribution in [-0.4, -0.2) is 38.1 Å². The summed E-state index contributed by atoms with van der Waals surface area (Å²) < 4.78 is 26.1. The molecule has 102 valence electrons.